The molecule has 1 aromatic carbocycles. The Hall–Kier alpha value is -3.08. The Labute approximate surface area is 164 Å². The monoisotopic (exact) mass is 376 g/mol. The summed E-state index contributed by atoms with van der Waals surface area (Å²) in [4.78, 5) is 8.74. The standard InChI is InChI=1S/C21H24N6O/c1-21(2,3)18-8-17(27(4)26-18)19(28)16-7-13(9-22)5-6-15(16)20-24-11-14(10-23)12-25-20/h5-8,11-12,19,28H,10,23H2,1-4H3. The van der Waals surface area contributed by atoms with Gasteiger partial charge >= 0.3 is 0 Å². The number of hydrogen-bond donors (Lipinski definition) is 2. The molecule has 0 radical (unpaired) electrons. The average Bonchev–Trinajstić information content (AvgIpc) is 3.09. The van der Waals surface area contributed by atoms with Gasteiger partial charge in [-0.3, -0.25) is 4.68 Å². The van der Waals surface area contributed by atoms with E-state index in [9.17, 15) is 10.4 Å². The van der Waals surface area contributed by atoms with Gasteiger partial charge in [0.2, 0.25) is 0 Å². The van der Waals surface area contributed by atoms with Crippen LogP contribution in [0.5, 0.6) is 0 Å². The van der Waals surface area contributed by atoms with E-state index in [1.54, 1.807) is 42.3 Å². The summed E-state index contributed by atoms with van der Waals surface area (Å²) in [5, 5.41) is 25.0. The van der Waals surface area contributed by atoms with E-state index in [-0.39, 0.29) is 5.41 Å². The zero-order valence-electron chi connectivity index (χ0n) is 16.5. The lowest BCUT2D eigenvalue weighted by Gasteiger charge is -2.16. The van der Waals surface area contributed by atoms with E-state index in [1.807, 2.05) is 6.07 Å². The van der Waals surface area contributed by atoms with Gasteiger partial charge in [-0.1, -0.05) is 20.8 Å². The quantitative estimate of drug-likeness (QED) is 0.723. The summed E-state index contributed by atoms with van der Waals surface area (Å²) in [6.07, 6.45) is 2.35. The first-order chi connectivity index (χ1) is 13.2. The summed E-state index contributed by atoms with van der Waals surface area (Å²) in [6.45, 7) is 6.56. The van der Waals surface area contributed by atoms with Gasteiger partial charge in [0, 0.05) is 42.5 Å². The second kappa shape index (κ2) is 7.50. The maximum Gasteiger partial charge on any atom is 0.159 e. The van der Waals surface area contributed by atoms with E-state index in [2.05, 4.69) is 41.9 Å². The largest absolute Gasteiger partial charge is 0.382 e. The van der Waals surface area contributed by atoms with Crippen molar-refractivity contribution in [3.8, 4) is 17.5 Å². The molecule has 3 N–H and O–H groups in total. The van der Waals surface area contributed by atoms with Crippen LogP contribution in [0.3, 0.4) is 0 Å². The third-order valence-corrected chi connectivity index (χ3v) is 4.62. The molecule has 28 heavy (non-hydrogen) atoms. The third-order valence-electron chi connectivity index (χ3n) is 4.62. The van der Waals surface area contributed by atoms with Gasteiger partial charge < -0.3 is 10.8 Å². The molecular formula is C21H24N6O. The number of nitrogens with two attached hydrogens (primary N) is 1. The summed E-state index contributed by atoms with van der Waals surface area (Å²) in [5.74, 6) is 0.467. The number of rotatable bonds is 4. The molecular weight excluding hydrogens is 352 g/mol. The molecule has 0 aliphatic carbocycles. The van der Waals surface area contributed by atoms with E-state index in [0.29, 0.717) is 34.8 Å². The van der Waals surface area contributed by atoms with Crippen molar-refractivity contribution < 1.29 is 5.11 Å². The molecule has 3 rings (SSSR count). The van der Waals surface area contributed by atoms with Gasteiger partial charge in [-0.05, 0) is 29.8 Å². The van der Waals surface area contributed by atoms with Crippen LogP contribution in [0.2, 0.25) is 0 Å². The molecule has 2 heterocycles. The predicted octanol–water partition coefficient (Wildman–Crippen LogP) is 2.59. The maximum absolute atomic E-state index is 11.2. The first-order valence-corrected chi connectivity index (χ1v) is 9.02. The fraction of sp³-hybridized carbons (Fsp3) is 0.333. The molecule has 0 bridgehead atoms. The van der Waals surface area contributed by atoms with Gasteiger partial charge in [-0.25, -0.2) is 9.97 Å². The average molecular weight is 376 g/mol. The zero-order chi connectivity index (χ0) is 20.5. The van der Waals surface area contributed by atoms with Crippen molar-refractivity contribution in [1.29, 1.82) is 5.26 Å². The number of nitriles is 1. The molecule has 7 nitrogen and oxygen atoms in total. The molecule has 2 aromatic heterocycles. The highest BCUT2D eigenvalue weighted by atomic mass is 16.3. The smallest absolute Gasteiger partial charge is 0.159 e. The predicted molar refractivity (Wildman–Crippen MR) is 106 cm³/mol. The van der Waals surface area contributed by atoms with E-state index in [1.165, 1.54) is 0 Å². The van der Waals surface area contributed by atoms with Gasteiger partial charge in [-0.15, -0.1) is 0 Å². The summed E-state index contributed by atoms with van der Waals surface area (Å²) >= 11 is 0. The van der Waals surface area contributed by atoms with Crippen LogP contribution in [0.1, 0.15) is 55.0 Å². The molecule has 0 amide bonds. The Morgan fingerprint density at radius 1 is 1.21 bits per heavy atom. The molecule has 1 unspecified atom stereocenters. The van der Waals surface area contributed by atoms with Crippen molar-refractivity contribution in [2.45, 2.75) is 38.8 Å². The second-order valence-corrected chi connectivity index (χ2v) is 7.76. The van der Waals surface area contributed by atoms with Crippen molar-refractivity contribution >= 4 is 0 Å². The van der Waals surface area contributed by atoms with Gasteiger partial charge in [0.15, 0.2) is 5.82 Å². The Morgan fingerprint density at radius 2 is 1.89 bits per heavy atom. The number of aliphatic hydroxyl groups excluding tert-OH is 1. The minimum atomic E-state index is -0.977. The summed E-state index contributed by atoms with van der Waals surface area (Å²) in [5.41, 5.74) is 9.49. The van der Waals surface area contributed by atoms with Crippen LogP contribution in [-0.2, 0) is 19.0 Å². The minimum absolute atomic E-state index is 0.145. The normalized spacial score (nSPS) is 12.6. The molecule has 0 saturated carbocycles. The van der Waals surface area contributed by atoms with E-state index in [4.69, 9.17) is 5.73 Å². The van der Waals surface area contributed by atoms with Crippen LogP contribution in [0.4, 0.5) is 0 Å². The zero-order valence-corrected chi connectivity index (χ0v) is 16.5. The summed E-state index contributed by atoms with van der Waals surface area (Å²) < 4.78 is 1.67. The van der Waals surface area contributed by atoms with Gasteiger partial charge in [0.25, 0.3) is 0 Å². The van der Waals surface area contributed by atoms with Gasteiger partial charge in [0.1, 0.15) is 6.10 Å². The Morgan fingerprint density at radius 3 is 2.43 bits per heavy atom. The van der Waals surface area contributed by atoms with Gasteiger partial charge in [0.05, 0.1) is 23.0 Å². The minimum Gasteiger partial charge on any atom is -0.382 e. The second-order valence-electron chi connectivity index (χ2n) is 7.76. The van der Waals surface area contributed by atoms with Crippen LogP contribution in [-0.4, -0.2) is 24.9 Å². The molecule has 1 atom stereocenters. The number of benzene rings is 1. The van der Waals surface area contributed by atoms with Crippen LogP contribution >= 0.6 is 0 Å². The van der Waals surface area contributed by atoms with Crippen molar-refractivity contribution in [3.05, 3.63) is 64.7 Å². The van der Waals surface area contributed by atoms with Gasteiger partial charge in [-0.2, -0.15) is 10.4 Å². The topological polar surface area (TPSA) is 114 Å². The fourth-order valence-corrected chi connectivity index (χ4v) is 2.92. The molecule has 144 valence electrons. The molecule has 0 aliphatic heterocycles. The number of aliphatic hydroxyl groups is 1. The van der Waals surface area contributed by atoms with Crippen LogP contribution in [0, 0.1) is 11.3 Å². The van der Waals surface area contributed by atoms with E-state index < -0.39 is 6.10 Å². The highest BCUT2D eigenvalue weighted by Gasteiger charge is 2.25. The maximum atomic E-state index is 11.2. The third kappa shape index (κ3) is 3.79. The molecule has 7 heteroatoms. The van der Waals surface area contributed by atoms with Crippen molar-refractivity contribution in [2.75, 3.05) is 0 Å². The highest BCUT2D eigenvalue weighted by molar-refractivity contribution is 5.63. The lowest BCUT2D eigenvalue weighted by Crippen LogP contribution is -2.12. The Balaban J connectivity index is 2.12. The summed E-state index contributed by atoms with van der Waals surface area (Å²) in [7, 11) is 1.80. The number of aryl methyl sites for hydroxylation is 1. The van der Waals surface area contributed by atoms with Crippen LogP contribution in [0.25, 0.3) is 11.4 Å². The lowest BCUT2D eigenvalue weighted by atomic mass is 9.91. The molecule has 0 spiro atoms. The van der Waals surface area contributed by atoms with Crippen LogP contribution in [0.15, 0.2) is 36.7 Å². The molecule has 0 fully saturated rings. The van der Waals surface area contributed by atoms with Crippen molar-refractivity contribution in [1.82, 2.24) is 19.7 Å². The molecule has 3 aromatic rings. The number of hydrogen-bond acceptors (Lipinski definition) is 6. The number of nitrogens with zero attached hydrogens (tertiary/aromatic N) is 5. The molecule has 0 aliphatic rings. The van der Waals surface area contributed by atoms with Crippen LogP contribution < -0.4 is 5.73 Å². The number of aromatic nitrogens is 4. The lowest BCUT2D eigenvalue weighted by molar-refractivity contribution is 0.210. The first-order valence-electron chi connectivity index (χ1n) is 9.02. The van der Waals surface area contributed by atoms with Crippen molar-refractivity contribution in [3.63, 3.8) is 0 Å². The summed E-state index contributed by atoms with van der Waals surface area (Å²) in [6, 6.07) is 9.14. The highest BCUT2D eigenvalue weighted by Crippen LogP contribution is 2.33. The molecule has 0 saturated heterocycles. The Bertz CT molecular complexity index is 1020. The SMILES string of the molecule is Cn1nc(C(C)(C)C)cc1C(O)c1cc(C#N)ccc1-c1ncc(CN)cn1. The van der Waals surface area contributed by atoms with E-state index in [0.717, 1.165) is 11.3 Å². The Kier molecular flexibility index (Phi) is 5.27. The first kappa shape index (κ1) is 19.7. The van der Waals surface area contributed by atoms with Crippen molar-refractivity contribution in [2.24, 2.45) is 12.8 Å². The fourth-order valence-electron chi connectivity index (χ4n) is 2.92. The van der Waals surface area contributed by atoms with E-state index >= 15 is 0 Å².